The molecule has 6 heteroatoms. The fourth-order valence-electron chi connectivity index (χ4n) is 2.91. The summed E-state index contributed by atoms with van der Waals surface area (Å²) in [5.41, 5.74) is 2.72. The maximum absolute atomic E-state index is 14.6. The maximum Gasteiger partial charge on any atom is 0.320 e. The monoisotopic (exact) mass is 377 g/mol. The number of benzene rings is 3. The molecule has 4 nitrogen and oxygen atoms in total. The van der Waals surface area contributed by atoms with Crippen molar-refractivity contribution in [2.45, 2.75) is 12.8 Å². The first-order valence-electron chi connectivity index (χ1n) is 8.81. The van der Waals surface area contributed by atoms with Gasteiger partial charge in [0, 0.05) is 11.3 Å². The first-order chi connectivity index (χ1) is 13.6. The molecular weight excluding hydrogens is 360 g/mol. The van der Waals surface area contributed by atoms with E-state index in [-0.39, 0.29) is 23.6 Å². The van der Waals surface area contributed by atoms with E-state index < -0.39 is 0 Å². The third kappa shape index (κ3) is 3.76. The summed E-state index contributed by atoms with van der Waals surface area (Å²) in [6, 6.07) is 20.5. The van der Waals surface area contributed by atoms with Gasteiger partial charge in [0.15, 0.2) is 0 Å². The molecule has 0 bridgehead atoms. The van der Waals surface area contributed by atoms with E-state index in [9.17, 15) is 8.78 Å². The predicted octanol–water partition coefficient (Wildman–Crippen LogP) is 5.91. The van der Waals surface area contributed by atoms with Crippen molar-refractivity contribution in [3.05, 3.63) is 95.9 Å². The predicted molar refractivity (Wildman–Crippen MR) is 103 cm³/mol. The number of hydrogen-bond acceptors (Lipinski definition) is 4. The van der Waals surface area contributed by atoms with Crippen LogP contribution >= 0.6 is 0 Å². The summed E-state index contributed by atoms with van der Waals surface area (Å²) < 4.78 is 33.2. The molecule has 0 fully saturated rings. The molecule has 0 aliphatic carbocycles. The van der Waals surface area contributed by atoms with Gasteiger partial charge in [-0.05, 0) is 48.4 Å². The van der Waals surface area contributed by atoms with Gasteiger partial charge in [0.1, 0.15) is 11.6 Å². The molecule has 0 spiro atoms. The minimum Gasteiger partial charge on any atom is -0.407 e. The first-order valence-corrected chi connectivity index (χ1v) is 8.81. The highest BCUT2D eigenvalue weighted by Crippen LogP contribution is 2.29. The first kappa shape index (κ1) is 17.9. The Morgan fingerprint density at radius 2 is 1.64 bits per heavy atom. The summed E-state index contributed by atoms with van der Waals surface area (Å²) in [7, 11) is 0. The summed E-state index contributed by atoms with van der Waals surface area (Å²) in [6.45, 7) is 1.87. The molecule has 4 aromatic rings. The van der Waals surface area contributed by atoms with Crippen molar-refractivity contribution in [1.29, 1.82) is 0 Å². The van der Waals surface area contributed by atoms with E-state index in [0.717, 1.165) is 11.1 Å². The Bertz CT molecular complexity index is 1080. The van der Waals surface area contributed by atoms with Crippen LogP contribution in [0.25, 0.3) is 11.1 Å². The zero-order chi connectivity index (χ0) is 19.5. The van der Waals surface area contributed by atoms with E-state index >= 15 is 0 Å². The normalized spacial score (nSPS) is 12.0. The third-order valence-corrected chi connectivity index (χ3v) is 4.48. The Kier molecular flexibility index (Phi) is 4.85. The second-order valence-corrected chi connectivity index (χ2v) is 6.40. The van der Waals surface area contributed by atoms with Gasteiger partial charge in [0.05, 0.1) is 5.92 Å². The molecule has 0 saturated carbocycles. The van der Waals surface area contributed by atoms with Gasteiger partial charge in [-0.2, -0.15) is 0 Å². The fourth-order valence-corrected chi connectivity index (χ4v) is 2.91. The van der Waals surface area contributed by atoms with Crippen LogP contribution in [0.2, 0.25) is 0 Å². The molecule has 0 aliphatic heterocycles. The van der Waals surface area contributed by atoms with Crippen molar-refractivity contribution in [3.63, 3.8) is 0 Å². The molecule has 1 heterocycles. The molecule has 0 aliphatic rings. The second kappa shape index (κ2) is 7.60. The molecule has 0 saturated heterocycles. The number of rotatable bonds is 5. The third-order valence-electron chi connectivity index (χ3n) is 4.48. The summed E-state index contributed by atoms with van der Waals surface area (Å²) in [5.74, 6) is -0.557. The lowest BCUT2D eigenvalue weighted by Gasteiger charge is -2.10. The number of anilines is 2. The molecule has 0 radical (unpaired) electrons. The van der Waals surface area contributed by atoms with Crippen LogP contribution in [0.3, 0.4) is 0 Å². The summed E-state index contributed by atoms with van der Waals surface area (Å²) in [5, 5.41) is 10.9. The standard InChI is InChI=1S/C22H17F2N3O/c1-14(16-7-12-19(20(24)13-16)15-5-3-2-4-6-15)21-26-27-22(28-21)25-18-10-8-17(23)9-11-18/h2-14H,1H3,(H,25,27). The molecular formula is C22H17F2N3O. The molecule has 28 heavy (non-hydrogen) atoms. The van der Waals surface area contributed by atoms with Gasteiger partial charge in [0.2, 0.25) is 5.89 Å². The number of hydrogen-bond donors (Lipinski definition) is 1. The molecule has 4 rings (SSSR count). The number of nitrogens with one attached hydrogen (secondary N) is 1. The zero-order valence-electron chi connectivity index (χ0n) is 15.1. The van der Waals surface area contributed by atoms with Crippen molar-refractivity contribution >= 4 is 11.7 Å². The van der Waals surface area contributed by atoms with Gasteiger partial charge in [-0.1, -0.05) is 47.6 Å². The van der Waals surface area contributed by atoms with Crippen molar-refractivity contribution in [3.8, 4) is 11.1 Å². The van der Waals surface area contributed by atoms with Gasteiger partial charge in [-0.3, -0.25) is 0 Å². The van der Waals surface area contributed by atoms with E-state index in [2.05, 4.69) is 15.5 Å². The van der Waals surface area contributed by atoms with E-state index in [1.807, 2.05) is 43.3 Å². The minimum atomic E-state index is -0.327. The largest absolute Gasteiger partial charge is 0.407 e. The molecule has 1 aromatic heterocycles. The highest BCUT2D eigenvalue weighted by Gasteiger charge is 2.18. The quantitative estimate of drug-likeness (QED) is 0.470. The van der Waals surface area contributed by atoms with Crippen molar-refractivity contribution in [2.24, 2.45) is 0 Å². The Morgan fingerprint density at radius 3 is 2.36 bits per heavy atom. The molecule has 0 amide bonds. The average Bonchev–Trinajstić information content (AvgIpc) is 3.18. The van der Waals surface area contributed by atoms with Crippen LogP contribution in [0.4, 0.5) is 20.5 Å². The molecule has 1 atom stereocenters. The number of aromatic nitrogens is 2. The van der Waals surface area contributed by atoms with Crippen molar-refractivity contribution in [1.82, 2.24) is 10.2 Å². The lowest BCUT2D eigenvalue weighted by Crippen LogP contribution is -1.98. The van der Waals surface area contributed by atoms with Crippen molar-refractivity contribution < 1.29 is 13.2 Å². The minimum absolute atomic E-state index is 0.190. The SMILES string of the molecule is CC(c1ccc(-c2ccccc2)c(F)c1)c1nnc(Nc2ccc(F)cc2)o1. The van der Waals surface area contributed by atoms with Crippen LogP contribution < -0.4 is 5.32 Å². The molecule has 1 unspecified atom stereocenters. The number of halogens is 2. The molecule has 3 aromatic carbocycles. The summed E-state index contributed by atoms with van der Waals surface area (Å²) in [6.07, 6.45) is 0. The van der Waals surface area contributed by atoms with Gasteiger partial charge in [0.25, 0.3) is 0 Å². The van der Waals surface area contributed by atoms with Crippen LogP contribution in [-0.2, 0) is 0 Å². The second-order valence-electron chi connectivity index (χ2n) is 6.40. The smallest absolute Gasteiger partial charge is 0.320 e. The Balaban J connectivity index is 1.53. The van der Waals surface area contributed by atoms with E-state index in [0.29, 0.717) is 17.1 Å². The van der Waals surface area contributed by atoms with Crippen LogP contribution in [0.1, 0.15) is 24.3 Å². The van der Waals surface area contributed by atoms with Crippen LogP contribution in [0.5, 0.6) is 0 Å². The molecule has 1 N–H and O–H groups in total. The van der Waals surface area contributed by atoms with E-state index in [1.54, 1.807) is 18.2 Å². The van der Waals surface area contributed by atoms with E-state index in [1.165, 1.54) is 18.2 Å². The highest BCUT2D eigenvalue weighted by molar-refractivity contribution is 5.64. The summed E-state index contributed by atoms with van der Waals surface area (Å²) >= 11 is 0. The molecule has 140 valence electrons. The Labute approximate surface area is 160 Å². The zero-order valence-corrected chi connectivity index (χ0v) is 15.1. The topological polar surface area (TPSA) is 51.0 Å². The Hall–Kier alpha value is -3.54. The lowest BCUT2D eigenvalue weighted by molar-refractivity contribution is 0.492. The van der Waals surface area contributed by atoms with Gasteiger partial charge < -0.3 is 9.73 Å². The van der Waals surface area contributed by atoms with Gasteiger partial charge >= 0.3 is 6.01 Å². The maximum atomic E-state index is 14.6. The van der Waals surface area contributed by atoms with Crippen molar-refractivity contribution in [2.75, 3.05) is 5.32 Å². The van der Waals surface area contributed by atoms with Crippen LogP contribution in [-0.4, -0.2) is 10.2 Å². The Morgan fingerprint density at radius 1 is 0.893 bits per heavy atom. The van der Waals surface area contributed by atoms with Gasteiger partial charge in [-0.25, -0.2) is 8.78 Å². The number of nitrogens with zero attached hydrogens (tertiary/aromatic N) is 2. The summed E-state index contributed by atoms with van der Waals surface area (Å²) in [4.78, 5) is 0. The van der Waals surface area contributed by atoms with Crippen LogP contribution in [0.15, 0.2) is 77.2 Å². The fraction of sp³-hybridized carbons (Fsp3) is 0.0909. The van der Waals surface area contributed by atoms with E-state index in [4.69, 9.17) is 4.42 Å². The van der Waals surface area contributed by atoms with Crippen LogP contribution in [0, 0.1) is 11.6 Å². The highest BCUT2D eigenvalue weighted by atomic mass is 19.1. The lowest BCUT2D eigenvalue weighted by atomic mass is 9.97. The van der Waals surface area contributed by atoms with Gasteiger partial charge in [-0.15, -0.1) is 5.10 Å². The average molecular weight is 377 g/mol.